The molecule has 1 aliphatic rings. The van der Waals surface area contributed by atoms with Gasteiger partial charge in [-0.05, 0) is 12.8 Å². The quantitative estimate of drug-likeness (QED) is 0.694. The number of carbonyl (C=O) groups is 1. The number of ether oxygens (including phenoxy) is 1. The Labute approximate surface area is 92.0 Å². The maximum Gasteiger partial charge on any atom is 0.323 e. The minimum absolute atomic E-state index is 0.0976. The molecule has 1 fully saturated rings. The maximum absolute atomic E-state index is 11.7. The molecule has 1 N–H and O–H groups in total. The van der Waals surface area contributed by atoms with Crippen LogP contribution in [-0.4, -0.2) is 49.7 Å². The molecule has 0 aromatic rings. The molecule has 0 saturated carbocycles. The van der Waals surface area contributed by atoms with Crippen LogP contribution in [0.25, 0.3) is 0 Å². The Bertz CT molecular complexity index is 219. The van der Waals surface area contributed by atoms with Crippen molar-refractivity contribution in [3.63, 3.8) is 0 Å². The highest BCUT2D eigenvalue weighted by atomic mass is 16.5. The second-order valence-electron chi connectivity index (χ2n) is 4.56. The zero-order valence-electron chi connectivity index (χ0n) is 10.1. The van der Waals surface area contributed by atoms with Gasteiger partial charge in [-0.3, -0.25) is 9.69 Å². The number of carbonyl (C=O) groups excluding carboxylic acids is 1. The van der Waals surface area contributed by atoms with E-state index in [1.165, 1.54) is 7.11 Å². The van der Waals surface area contributed by atoms with Gasteiger partial charge in [0.15, 0.2) is 0 Å². The Morgan fingerprint density at radius 2 is 2.20 bits per heavy atom. The van der Waals surface area contributed by atoms with Crippen LogP contribution < -0.4 is 5.32 Å². The molecule has 1 saturated heterocycles. The Balaban J connectivity index is 2.66. The largest absolute Gasteiger partial charge is 0.468 e. The van der Waals surface area contributed by atoms with Crippen LogP contribution >= 0.6 is 0 Å². The molecule has 0 radical (unpaired) electrons. The fraction of sp³-hybridized carbons (Fsp3) is 0.909. The Morgan fingerprint density at radius 3 is 2.67 bits per heavy atom. The van der Waals surface area contributed by atoms with Crippen LogP contribution in [0.1, 0.15) is 20.8 Å². The number of rotatable bonds is 3. The summed E-state index contributed by atoms with van der Waals surface area (Å²) in [6, 6.07) is 0.351. The minimum Gasteiger partial charge on any atom is -0.468 e. The summed E-state index contributed by atoms with van der Waals surface area (Å²) < 4.78 is 4.86. The first kappa shape index (κ1) is 12.5. The maximum atomic E-state index is 11.7. The normalized spacial score (nSPS) is 25.3. The summed E-state index contributed by atoms with van der Waals surface area (Å²) in [7, 11) is 1.46. The molecule has 1 heterocycles. The highest BCUT2D eigenvalue weighted by molar-refractivity contribution is 5.76. The second-order valence-corrected chi connectivity index (χ2v) is 4.56. The van der Waals surface area contributed by atoms with E-state index in [1.54, 1.807) is 0 Å². The van der Waals surface area contributed by atoms with Crippen molar-refractivity contribution < 1.29 is 9.53 Å². The van der Waals surface area contributed by atoms with Crippen LogP contribution in [0.5, 0.6) is 0 Å². The molecule has 1 aliphatic heterocycles. The molecule has 0 aromatic carbocycles. The van der Waals surface area contributed by atoms with Crippen molar-refractivity contribution in [2.24, 2.45) is 5.92 Å². The van der Waals surface area contributed by atoms with Crippen molar-refractivity contribution in [2.45, 2.75) is 32.9 Å². The Kier molecular flexibility index (Phi) is 4.54. The lowest BCUT2D eigenvalue weighted by atomic mass is 10.0. The van der Waals surface area contributed by atoms with Gasteiger partial charge >= 0.3 is 5.97 Å². The number of nitrogens with zero attached hydrogens (tertiary/aromatic N) is 1. The predicted molar refractivity (Wildman–Crippen MR) is 59.7 cm³/mol. The molecule has 0 bridgehead atoms. The first-order chi connectivity index (χ1) is 7.06. The van der Waals surface area contributed by atoms with E-state index in [2.05, 4.69) is 31.0 Å². The van der Waals surface area contributed by atoms with Gasteiger partial charge in [0, 0.05) is 25.7 Å². The molecule has 2 atom stereocenters. The molecule has 88 valence electrons. The van der Waals surface area contributed by atoms with Gasteiger partial charge in [-0.2, -0.15) is 0 Å². The number of methoxy groups -OCH3 is 1. The molecule has 0 amide bonds. The van der Waals surface area contributed by atoms with E-state index in [1.807, 2.05) is 0 Å². The first-order valence-corrected chi connectivity index (χ1v) is 5.61. The lowest BCUT2D eigenvalue weighted by Gasteiger charge is -2.38. The Morgan fingerprint density at radius 1 is 1.53 bits per heavy atom. The van der Waals surface area contributed by atoms with Crippen LogP contribution in [0, 0.1) is 5.92 Å². The van der Waals surface area contributed by atoms with Gasteiger partial charge in [-0.25, -0.2) is 0 Å². The summed E-state index contributed by atoms with van der Waals surface area (Å²) in [5, 5.41) is 3.37. The fourth-order valence-corrected chi connectivity index (χ4v) is 2.18. The standard InChI is InChI=1S/C11H22N2O2/c1-8(2)10(11(14)15-4)13-6-5-12-9(3)7-13/h8-10,12H,5-7H2,1-4H3/t9-,10?/m1/s1. The molecule has 15 heavy (non-hydrogen) atoms. The van der Waals surface area contributed by atoms with Crippen LogP contribution in [0.3, 0.4) is 0 Å². The van der Waals surface area contributed by atoms with Crippen molar-refractivity contribution in [2.75, 3.05) is 26.7 Å². The molecular weight excluding hydrogens is 192 g/mol. The lowest BCUT2D eigenvalue weighted by molar-refractivity contribution is -0.149. The summed E-state index contributed by atoms with van der Waals surface area (Å²) in [6.07, 6.45) is 0. The van der Waals surface area contributed by atoms with E-state index in [-0.39, 0.29) is 12.0 Å². The van der Waals surface area contributed by atoms with E-state index in [0.29, 0.717) is 12.0 Å². The van der Waals surface area contributed by atoms with Crippen molar-refractivity contribution >= 4 is 5.97 Å². The Hall–Kier alpha value is -0.610. The van der Waals surface area contributed by atoms with Crippen molar-refractivity contribution in [3.05, 3.63) is 0 Å². The zero-order valence-corrected chi connectivity index (χ0v) is 10.1. The smallest absolute Gasteiger partial charge is 0.323 e. The summed E-state index contributed by atoms with van der Waals surface area (Å²) in [6.45, 7) is 9.05. The minimum atomic E-state index is -0.112. The first-order valence-electron chi connectivity index (χ1n) is 5.61. The van der Waals surface area contributed by atoms with E-state index < -0.39 is 0 Å². The average Bonchev–Trinajstić information content (AvgIpc) is 2.17. The van der Waals surface area contributed by atoms with Crippen molar-refractivity contribution in [1.29, 1.82) is 0 Å². The highest BCUT2D eigenvalue weighted by Crippen LogP contribution is 2.14. The monoisotopic (exact) mass is 214 g/mol. The molecule has 0 aromatic heterocycles. The molecule has 4 nitrogen and oxygen atoms in total. The third kappa shape index (κ3) is 3.18. The topological polar surface area (TPSA) is 41.6 Å². The van der Waals surface area contributed by atoms with Gasteiger partial charge in [0.1, 0.15) is 6.04 Å². The van der Waals surface area contributed by atoms with Crippen molar-refractivity contribution in [3.8, 4) is 0 Å². The number of hydrogen-bond donors (Lipinski definition) is 1. The van der Waals surface area contributed by atoms with E-state index in [4.69, 9.17) is 4.74 Å². The van der Waals surface area contributed by atoms with Gasteiger partial charge in [-0.1, -0.05) is 13.8 Å². The molecule has 0 spiro atoms. The van der Waals surface area contributed by atoms with Crippen LogP contribution in [0.15, 0.2) is 0 Å². The van der Waals surface area contributed by atoms with Gasteiger partial charge in [-0.15, -0.1) is 0 Å². The molecule has 1 unspecified atom stereocenters. The average molecular weight is 214 g/mol. The summed E-state index contributed by atoms with van der Waals surface area (Å²) >= 11 is 0. The van der Waals surface area contributed by atoms with Gasteiger partial charge in [0.2, 0.25) is 0 Å². The lowest BCUT2D eigenvalue weighted by Crippen LogP contribution is -2.56. The summed E-state index contributed by atoms with van der Waals surface area (Å²) in [5.74, 6) is 0.182. The van der Waals surface area contributed by atoms with E-state index in [9.17, 15) is 4.79 Å². The third-order valence-electron chi connectivity index (χ3n) is 2.87. The number of esters is 1. The molecular formula is C11H22N2O2. The van der Waals surface area contributed by atoms with Crippen LogP contribution in [0.4, 0.5) is 0 Å². The number of hydrogen-bond acceptors (Lipinski definition) is 4. The van der Waals surface area contributed by atoms with Gasteiger partial charge in [0.25, 0.3) is 0 Å². The molecule has 1 rings (SSSR count). The second kappa shape index (κ2) is 5.47. The third-order valence-corrected chi connectivity index (χ3v) is 2.87. The summed E-state index contributed by atoms with van der Waals surface area (Å²) in [5.41, 5.74) is 0. The van der Waals surface area contributed by atoms with Crippen molar-refractivity contribution in [1.82, 2.24) is 10.2 Å². The summed E-state index contributed by atoms with van der Waals surface area (Å²) in [4.78, 5) is 13.9. The van der Waals surface area contributed by atoms with Gasteiger partial charge < -0.3 is 10.1 Å². The predicted octanol–water partition coefficient (Wildman–Crippen LogP) is 0.478. The SMILES string of the molecule is COC(=O)C(C(C)C)N1CCN[C@H](C)C1. The number of piperazine rings is 1. The fourth-order valence-electron chi connectivity index (χ4n) is 2.18. The zero-order chi connectivity index (χ0) is 11.4. The molecule has 4 heteroatoms. The highest BCUT2D eigenvalue weighted by Gasteiger charge is 2.31. The van der Waals surface area contributed by atoms with Crippen LogP contribution in [-0.2, 0) is 9.53 Å². The molecule has 0 aliphatic carbocycles. The van der Waals surface area contributed by atoms with Gasteiger partial charge in [0.05, 0.1) is 7.11 Å². The number of nitrogens with one attached hydrogen (secondary N) is 1. The van der Waals surface area contributed by atoms with Crippen LogP contribution in [0.2, 0.25) is 0 Å². The van der Waals surface area contributed by atoms with E-state index >= 15 is 0 Å². The van der Waals surface area contributed by atoms with E-state index in [0.717, 1.165) is 19.6 Å².